The molecular weight excluding hydrogens is 677 g/mol. The van der Waals surface area contributed by atoms with E-state index in [4.69, 9.17) is 0 Å². The molecule has 2 heterocycles. The first-order chi connectivity index (χ1) is 22.5. The number of piperidine rings is 1. The SMILES string of the molecule is CC(=O)N1CCN(C2CCN(C(=O)N(C)C(C)c3c(O)c(C(F)(F)F)c(O)c(C(F)(F)F)c3O)C(c3c(C)c(O)c(F)c(O)c3O)C2)CC1. The van der Waals surface area contributed by atoms with E-state index in [1.54, 1.807) is 4.90 Å². The minimum Gasteiger partial charge on any atom is -0.507 e. The van der Waals surface area contributed by atoms with Crippen molar-refractivity contribution in [3.8, 4) is 34.5 Å². The van der Waals surface area contributed by atoms with Crippen molar-refractivity contribution in [3.63, 3.8) is 0 Å². The predicted octanol–water partition coefficient (Wildman–Crippen LogP) is 4.89. The van der Waals surface area contributed by atoms with E-state index in [1.807, 2.05) is 4.90 Å². The van der Waals surface area contributed by atoms with Crippen molar-refractivity contribution >= 4 is 11.9 Å². The lowest BCUT2D eigenvalue weighted by Crippen LogP contribution is -2.56. The third-order valence-corrected chi connectivity index (χ3v) is 9.41. The highest BCUT2D eigenvalue weighted by Gasteiger charge is 2.49. The van der Waals surface area contributed by atoms with Crippen molar-refractivity contribution in [3.05, 3.63) is 33.6 Å². The zero-order valence-corrected chi connectivity index (χ0v) is 26.6. The van der Waals surface area contributed by atoms with E-state index < -0.39 is 87.5 Å². The Hall–Kier alpha value is -4.55. The molecule has 49 heavy (non-hydrogen) atoms. The number of amides is 3. The highest BCUT2D eigenvalue weighted by atomic mass is 19.4. The summed E-state index contributed by atoms with van der Waals surface area (Å²) < 4.78 is 97.2. The van der Waals surface area contributed by atoms with Crippen LogP contribution in [-0.4, -0.2) is 108 Å². The number of hydrogen-bond acceptors (Lipinski definition) is 9. The maximum atomic E-state index is 14.5. The molecule has 0 bridgehead atoms. The Labute approximate surface area is 274 Å². The van der Waals surface area contributed by atoms with Crippen LogP contribution in [0.25, 0.3) is 0 Å². The average molecular weight is 713 g/mol. The fourth-order valence-corrected chi connectivity index (χ4v) is 6.63. The van der Waals surface area contributed by atoms with Crippen LogP contribution in [0.1, 0.15) is 66.6 Å². The van der Waals surface area contributed by atoms with Crippen LogP contribution in [0.4, 0.5) is 35.5 Å². The lowest BCUT2D eigenvalue weighted by atomic mass is 9.87. The van der Waals surface area contributed by atoms with Crippen LogP contribution < -0.4 is 0 Å². The van der Waals surface area contributed by atoms with Gasteiger partial charge in [0, 0.05) is 63.9 Å². The second-order valence-corrected chi connectivity index (χ2v) is 12.1. The molecule has 0 aromatic heterocycles. The van der Waals surface area contributed by atoms with Crippen LogP contribution in [0, 0.1) is 12.7 Å². The summed E-state index contributed by atoms with van der Waals surface area (Å²) in [6.07, 6.45) is -11.3. The Balaban J connectivity index is 1.79. The lowest BCUT2D eigenvalue weighted by Gasteiger charge is -2.47. The van der Waals surface area contributed by atoms with Gasteiger partial charge in [0.2, 0.25) is 11.7 Å². The van der Waals surface area contributed by atoms with Gasteiger partial charge in [-0.25, -0.2) is 4.79 Å². The van der Waals surface area contributed by atoms with E-state index in [0.717, 1.165) is 18.9 Å². The van der Waals surface area contributed by atoms with Crippen LogP contribution in [0.2, 0.25) is 0 Å². The normalized spacial score (nSPS) is 20.0. The van der Waals surface area contributed by atoms with Gasteiger partial charge in [0.05, 0.1) is 17.6 Å². The number of carbonyl (C=O) groups excluding carboxylic acids is 2. The Morgan fingerprint density at radius 2 is 1.31 bits per heavy atom. The van der Waals surface area contributed by atoms with Crippen molar-refractivity contribution in [2.45, 2.75) is 64.1 Å². The van der Waals surface area contributed by atoms with E-state index in [-0.39, 0.29) is 42.5 Å². The van der Waals surface area contributed by atoms with E-state index in [2.05, 4.69) is 0 Å². The Morgan fingerprint density at radius 3 is 1.78 bits per heavy atom. The molecule has 0 saturated carbocycles. The Morgan fingerprint density at radius 1 is 0.796 bits per heavy atom. The molecule has 2 saturated heterocycles. The molecule has 272 valence electrons. The van der Waals surface area contributed by atoms with Gasteiger partial charge in [0.25, 0.3) is 0 Å². The molecule has 3 atom stereocenters. The smallest absolute Gasteiger partial charge is 0.423 e. The number of rotatable bonds is 4. The van der Waals surface area contributed by atoms with E-state index in [0.29, 0.717) is 31.1 Å². The molecule has 2 aliphatic rings. The molecule has 3 unspecified atom stereocenters. The van der Waals surface area contributed by atoms with Crippen LogP contribution in [0.15, 0.2) is 0 Å². The highest BCUT2D eigenvalue weighted by molar-refractivity contribution is 5.77. The van der Waals surface area contributed by atoms with Crippen LogP contribution in [0.5, 0.6) is 34.5 Å². The van der Waals surface area contributed by atoms with E-state index in [9.17, 15) is 71.0 Å². The largest absolute Gasteiger partial charge is 0.507 e. The van der Waals surface area contributed by atoms with Gasteiger partial charge in [-0.2, -0.15) is 30.7 Å². The molecule has 6 N–H and O–H groups in total. The lowest BCUT2D eigenvalue weighted by molar-refractivity contribution is -0.147. The Bertz CT molecular complexity index is 1570. The van der Waals surface area contributed by atoms with E-state index in [1.165, 1.54) is 13.8 Å². The Kier molecular flexibility index (Phi) is 9.93. The number of aromatic hydroxyl groups is 6. The number of piperazine rings is 1. The third-order valence-electron chi connectivity index (χ3n) is 9.41. The molecule has 0 spiro atoms. The summed E-state index contributed by atoms with van der Waals surface area (Å²) in [7, 11) is 0.954. The molecular formula is C30H35F7N4O8. The summed E-state index contributed by atoms with van der Waals surface area (Å²) in [6.45, 7) is 4.93. The minimum atomic E-state index is -5.73. The first kappa shape index (κ1) is 37.3. The second kappa shape index (κ2) is 13.1. The van der Waals surface area contributed by atoms with Gasteiger partial charge >= 0.3 is 18.4 Å². The summed E-state index contributed by atoms with van der Waals surface area (Å²) in [5.41, 5.74) is -6.90. The second-order valence-electron chi connectivity index (χ2n) is 12.1. The zero-order chi connectivity index (χ0) is 37.1. The number of halogens is 7. The topological polar surface area (TPSA) is 168 Å². The summed E-state index contributed by atoms with van der Waals surface area (Å²) in [5, 5.41) is 62.4. The monoisotopic (exact) mass is 712 g/mol. The summed E-state index contributed by atoms with van der Waals surface area (Å²) in [6, 6.07) is -4.65. The molecule has 2 aliphatic heterocycles. The first-order valence-electron chi connectivity index (χ1n) is 14.9. The quantitative estimate of drug-likeness (QED) is 0.147. The molecule has 19 heteroatoms. The maximum absolute atomic E-state index is 14.5. The van der Waals surface area contributed by atoms with Crippen molar-refractivity contribution in [2.24, 2.45) is 0 Å². The fraction of sp³-hybridized carbons (Fsp3) is 0.533. The predicted molar refractivity (Wildman–Crippen MR) is 155 cm³/mol. The van der Waals surface area contributed by atoms with Crippen LogP contribution in [-0.2, 0) is 17.1 Å². The van der Waals surface area contributed by atoms with Crippen LogP contribution in [0.3, 0.4) is 0 Å². The number of alkyl halides is 6. The molecule has 0 radical (unpaired) electrons. The van der Waals surface area contributed by atoms with Crippen molar-refractivity contribution < 1.29 is 71.0 Å². The number of phenols is 6. The maximum Gasteiger partial charge on any atom is 0.423 e. The number of urea groups is 1. The van der Waals surface area contributed by atoms with Gasteiger partial charge in [-0.1, -0.05) is 0 Å². The van der Waals surface area contributed by atoms with Crippen molar-refractivity contribution in [1.82, 2.24) is 19.6 Å². The molecule has 0 aliphatic carbocycles. The number of nitrogens with zero attached hydrogens (tertiary/aromatic N) is 4. The number of carbonyl (C=O) groups is 2. The zero-order valence-electron chi connectivity index (χ0n) is 26.6. The average Bonchev–Trinajstić information content (AvgIpc) is 3.00. The van der Waals surface area contributed by atoms with Gasteiger partial charge in [-0.15, -0.1) is 0 Å². The van der Waals surface area contributed by atoms with Crippen LogP contribution >= 0.6 is 0 Å². The number of benzene rings is 2. The molecule has 12 nitrogen and oxygen atoms in total. The van der Waals surface area contributed by atoms with Gasteiger partial charge < -0.3 is 45.3 Å². The van der Waals surface area contributed by atoms with Crippen molar-refractivity contribution in [1.29, 1.82) is 0 Å². The number of hydrogen-bond donors (Lipinski definition) is 6. The van der Waals surface area contributed by atoms with Gasteiger partial charge in [-0.3, -0.25) is 9.69 Å². The van der Waals surface area contributed by atoms with Gasteiger partial charge in [0.1, 0.15) is 28.4 Å². The molecule has 2 aromatic rings. The number of phenolic OH excluding ortho intramolecular Hbond substituents is 6. The summed E-state index contributed by atoms with van der Waals surface area (Å²) >= 11 is 0. The number of likely N-dealkylation sites (tertiary alicyclic amines) is 1. The first-order valence-corrected chi connectivity index (χ1v) is 14.9. The van der Waals surface area contributed by atoms with Gasteiger partial charge in [-0.05, 0) is 26.7 Å². The molecule has 4 rings (SSSR count). The standard InChI is InChI=1S/C30H35F7N4O8/c1-12-17(25(46)27(48)21(31)22(12)43)16-11-15(40-9-7-39(8-10-40)14(3)42)5-6-41(16)28(49)38(4)13(2)18-23(44)19(29(32,33)34)26(47)20(24(18)45)30(35,36)37/h13,15-16,43-48H,5-11H2,1-4H3. The minimum absolute atomic E-state index is 0.0287. The van der Waals surface area contributed by atoms with Crippen molar-refractivity contribution in [2.75, 3.05) is 39.8 Å². The highest BCUT2D eigenvalue weighted by Crippen LogP contribution is 2.56. The fourth-order valence-electron chi connectivity index (χ4n) is 6.63. The summed E-state index contributed by atoms with van der Waals surface area (Å²) in [4.78, 5) is 31.2. The van der Waals surface area contributed by atoms with E-state index >= 15 is 0 Å². The van der Waals surface area contributed by atoms with Gasteiger partial charge in [0.15, 0.2) is 17.2 Å². The summed E-state index contributed by atoms with van der Waals surface area (Å²) in [5.74, 6) is -11.5. The third kappa shape index (κ3) is 6.59. The molecule has 3 amide bonds. The molecule has 2 fully saturated rings. The molecule has 2 aromatic carbocycles.